The van der Waals surface area contributed by atoms with Crippen LogP contribution in [0.4, 0.5) is 8.78 Å². The van der Waals surface area contributed by atoms with Crippen LogP contribution in [-0.4, -0.2) is 6.54 Å². The first kappa shape index (κ1) is 13.5. The number of hydrogen-bond acceptors (Lipinski definition) is 3. The summed E-state index contributed by atoms with van der Waals surface area (Å²) in [6.07, 6.45) is 1.55. The van der Waals surface area contributed by atoms with Gasteiger partial charge in [0.15, 0.2) is 11.6 Å². The smallest absolute Gasteiger partial charge is 0.165 e. The molecule has 3 nitrogen and oxygen atoms in total. The molecule has 0 saturated heterocycles. The Labute approximate surface area is 110 Å². The molecule has 0 atom stereocenters. The second-order valence-corrected chi connectivity index (χ2v) is 4.01. The predicted octanol–water partition coefficient (Wildman–Crippen LogP) is 3.25. The van der Waals surface area contributed by atoms with E-state index in [-0.39, 0.29) is 12.4 Å². The molecule has 0 aliphatic rings. The van der Waals surface area contributed by atoms with Crippen LogP contribution < -0.4 is 10.1 Å². The first-order valence-electron chi connectivity index (χ1n) is 6.04. The molecule has 0 radical (unpaired) electrons. The summed E-state index contributed by atoms with van der Waals surface area (Å²) in [7, 11) is 0. The topological polar surface area (TPSA) is 34.4 Å². The maximum Gasteiger partial charge on any atom is 0.165 e. The fourth-order valence-electron chi connectivity index (χ4n) is 1.64. The summed E-state index contributed by atoms with van der Waals surface area (Å²) in [6.45, 7) is 3.55. The normalized spacial score (nSPS) is 10.7. The minimum Gasteiger partial charge on any atom is -0.482 e. The number of ether oxygens (including phenoxy) is 1. The second kappa shape index (κ2) is 6.33. The van der Waals surface area contributed by atoms with Crippen molar-refractivity contribution in [1.29, 1.82) is 0 Å². The molecule has 0 unspecified atom stereocenters. The Morgan fingerprint density at radius 2 is 2.11 bits per heavy atom. The van der Waals surface area contributed by atoms with E-state index in [0.29, 0.717) is 12.3 Å². The van der Waals surface area contributed by atoms with Crippen molar-refractivity contribution in [3.8, 4) is 5.75 Å². The Morgan fingerprint density at radius 3 is 2.89 bits per heavy atom. The zero-order valence-corrected chi connectivity index (χ0v) is 10.6. The van der Waals surface area contributed by atoms with Gasteiger partial charge in [0, 0.05) is 18.2 Å². The summed E-state index contributed by atoms with van der Waals surface area (Å²) >= 11 is 0. The summed E-state index contributed by atoms with van der Waals surface area (Å²) < 4.78 is 36.9. The zero-order chi connectivity index (χ0) is 13.7. The standard InChI is InChI=1S/C14H15F2NO2/c1-2-17-8-10-5-6-18-14(10)9-19-13-7-11(15)3-4-12(13)16/h3-7,17H,2,8-9H2,1H3. The largest absolute Gasteiger partial charge is 0.482 e. The van der Waals surface area contributed by atoms with Crippen LogP contribution in [0.1, 0.15) is 18.2 Å². The van der Waals surface area contributed by atoms with Crippen molar-refractivity contribution in [3.63, 3.8) is 0 Å². The SMILES string of the molecule is CCNCc1ccoc1COc1cc(F)ccc1F. The molecule has 0 spiro atoms. The van der Waals surface area contributed by atoms with E-state index >= 15 is 0 Å². The van der Waals surface area contributed by atoms with E-state index in [1.54, 1.807) is 6.26 Å². The highest BCUT2D eigenvalue weighted by Gasteiger charge is 2.09. The number of rotatable bonds is 6. The van der Waals surface area contributed by atoms with Gasteiger partial charge in [0.2, 0.25) is 0 Å². The highest BCUT2D eigenvalue weighted by Crippen LogP contribution is 2.20. The van der Waals surface area contributed by atoms with Crippen molar-refractivity contribution in [2.24, 2.45) is 0 Å². The van der Waals surface area contributed by atoms with E-state index in [2.05, 4.69) is 5.32 Å². The Balaban J connectivity index is 2.02. The Bertz CT molecular complexity index is 540. The van der Waals surface area contributed by atoms with Crippen molar-refractivity contribution in [2.45, 2.75) is 20.1 Å². The minimum absolute atomic E-state index is 0.0636. The first-order chi connectivity index (χ1) is 9.20. The lowest BCUT2D eigenvalue weighted by atomic mass is 10.2. The fraction of sp³-hybridized carbons (Fsp3) is 0.286. The number of benzene rings is 1. The summed E-state index contributed by atoms with van der Waals surface area (Å²) in [6, 6.07) is 4.92. The molecule has 1 aromatic heterocycles. The molecule has 102 valence electrons. The van der Waals surface area contributed by atoms with Crippen LogP contribution in [0.5, 0.6) is 5.75 Å². The van der Waals surface area contributed by atoms with Crippen molar-refractivity contribution in [2.75, 3.05) is 6.54 Å². The molecule has 1 heterocycles. The molecule has 1 N–H and O–H groups in total. The number of nitrogens with one attached hydrogen (secondary N) is 1. The lowest BCUT2D eigenvalue weighted by molar-refractivity contribution is 0.255. The molecule has 0 amide bonds. The quantitative estimate of drug-likeness (QED) is 0.872. The molecule has 2 aromatic rings. The van der Waals surface area contributed by atoms with Crippen LogP contribution in [0.3, 0.4) is 0 Å². The van der Waals surface area contributed by atoms with Crippen molar-refractivity contribution in [3.05, 3.63) is 53.5 Å². The monoisotopic (exact) mass is 267 g/mol. The van der Waals surface area contributed by atoms with Gasteiger partial charge in [-0.1, -0.05) is 6.92 Å². The first-order valence-corrected chi connectivity index (χ1v) is 6.04. The third-order valence-electron chi connectivity index (χ3n) is 2.66. The number of furan rings is 1. The zero-order valence-electron chi connectivity index (χ0n) is 10.6. The van der Waals surface area contributed by atoms with Crippen LogP contribution >= 0.6 is 0 Å². The molecule has 2 rings (SSSR count). The Kier molecular flexibility index (Phi) is 4.52. The minimum atomic E-state index is -0.596. The molecule has 1 aromatic carbocycles. The summed E-state index contributed by atoms with van der Waals surface area (Å²) in [5.41, 5.74) is 0.943. The van der Waals surface area contributed by atoms with E-state index in [1.807, 2.05) is 13.0 Å². The Morgan fingerprint density at radius 1 is 1.26 bits per heavy atom. The van der Waals surface area contributed by atoms with Gasteiger partial charge >= 0.3 is 0 Å². The van der Waals surface area contributed by atoms with E-state index in [9.17, 15) is 8.78 Å². The summed E-state index contributed by atoms with van der Waals surface area (Å²) in [5.74, 6) is -0.652. The molecular formula is C14H15F2NO2. The lowest BCUT2D eigenvalue weighted by Crippen LogP contribution is -2.12. The average Bonchev–Trinajstić information content (AvgIpc) is 2.85. The van der Waals surface area contributed by atoms with Gasteiger partial charge in [-0.2, -0.15) is 0 Å². The maximum absolute atomic E-state index is 13.4. The Hall–Kier alpha value is -1.88. The molecule has 0 aliphatic heterocycles. The van der Waals surface area contributed by atoms with Gasteiger partial charge in [0.05, 0.1) is 6.26 Å². The molecule has 0 saturated carbocycles. The molecular weight excluding hydrogens is 252 g/mol. The molecule has 0 bridgehead atoms. The van der Waals surface area contributed by atoms with Gasteiger partial charge in [0.1, 0.15) is 18.2 Å². The molecule has 19 heavy (non-hydrogen) atoms. The average molecular weight is 267 g/mol. The van der Waals surface area contributed by atoms with Crippen LogP contribution in [0.25, 0.3) is 0 Å². The van der Waals surface area contributed by atoms with E-state index in [1.165, 1.54) is 0 Å². The number of halogens is 2. The van der Waals surface area contributed by atoms with Gasteiger partial charge in [-0.25, -0.2) is 8.78 Å². The third kappa shape index (κ3) is 3.54. The van der Waals surface area contributed by atoms with Gasteiger partial charge in [-0.15, -0.1) is 0 Å². The van der Waals surface area contributed by atoms with Crippen molar-refractivity contribution in [1.82, 2.24) is 5.32 Å². The van der Waals surface area contributed by atoms with Crippen molar-refractivity contribution < 1.29 is 17.9 Å². The fourth-order valence-corrected chi connectivity index (χ4v) is 1.64. The van der Waals surface area contributed by atoms with Gasteiger partial charge < -0.3 is 14.5 Å². The van der Waals surface area contributed by atoms with E-state index in [4.69, 9.17) is 9.15 Å². The van der Waals surface area contributed by atoms with E-state index < -0.39 is 11.6 Å². The molecule has 0 fully saturated rings. The highest BCUT2D eigenvalue weighted by molar-refractivity contribution is 5.25. The maximum atomic E-state index is 13.4. The summed E-state index contributed by atoms with van der Waals surface area (Å²) in [5, 5.41) is 3.16. The lowest BCUT2D eigenvalue weighted by Gasteiger charge is -2.07. The van der Waals surface area contributed by atoms with Gasteiger partial charge in [0.25, 0.3) is 0 Å². The summed E-state index contributed by atoms with van der Waals surface area (Å²) in [4.78, 5) is 0. The van der Waals surface area contributed by atoms with Gasteiger partial charge in [-0.3, -0.25) is 0 Å². The van der Waals surface area contributed by atoms with Crippen LogP contribution in [0.2, 0.25) is 0 Å². The third-order valence-corrected chi connectivity index (χ3v) is 2.66. The molecule has 0 aliphatic carbocycles. The number of hydrogen-bond donors (Lipinski definition) is 1. The predicted molar refractivity (Wildman–Crippen MR) is 66.8 cm³/mol. The van der Waals surface area contributed by atoms with Crippen molar-refractivity contribution >= 4 is 0 Å². The van der Waals surface area contributed by atoms with Crippen LogP contribution in [0.15, 0.2) is 34.9 Å². The van der Waals surface area contributed by atoms with Crippen LogP contribution in [0, 0.1) is 11.6 Å². The second-order valence-electron chi connectivity index (χ2n) is 4.01. The highest BCUT2D eigenvalue weighted by atomic mass is 19.1. The van der Waals surface area contributed by atoms with E-state index in [0.717, 1.165) is 30.3 Å². The van der Waals surface area contributed by atoms with Gasteiger partial charge in [-0.05, 0) is 24.7 Å². The van der Waals surface area contributed by atoms with Crippen LogP contribution in [-0.2, 0) is 13.2 Å². The molecule has 5 heteroatoms.